The number of H-pyrrole nitrogens is 1. The smallest absolute Gasteiger partial charge is 0.196 e. The van der Waals surface area contributed by atoms with E-state index < -0.39 is 0 Å². The summed E-state index contributed by atoms with van der Waals surface area (Å²) in [6.07, 6.45) is 2.02. The Kier molecular flexibility index (Phi) is 2.37. The molecule has 1 saturated heterocycles. The summed E-state index contributed by atoms with van der Waals surface area (Å²) < 4.78 is 8.03. The van der Waals surface area contributed by atoms with E-state index in [0.717, 1.165) is 36.8 Å². The number of imidazole rings is 1. The third-order valence-electron chi connectivity index (χ3n) is 2.12. The van der Waals surface area contributed by atoms with Crippen molar-refractivity contribution in [1.82, 2.24) is 9.66 Å². The normalized spacial score (nSPS) is 17.8. The van der Waals surface area contributed by atoms with Crippen LogP contribution in [0.3, 0.4) is 0 Å². The van der Waals surface area contributed by atoms with Gasteiger partial charge in [-0.1, -0.05) is 0 Å². The molecule has 0 aliphatic carbocycles. The second kappa shape index (κ2) is 3.51. The number of aryl methyl sites for hydroxylation is 1. The minimum absolute atomic E-state index is 0.763. The number of nitrogens with zero attached hydrogens (tertiary/aromatic N) is 2. The van der Waals surface area contributed by atoms with Crippen molar-refractivity contribution in [1.29, 1.82) is 0 Å². The lowest BCUT2D eigenvalue weighted by Gasteiger charge is -2.29. The summed E-state index contributed by atoms with van der Waals surface area (Å²) in [7, 11) is 0. The molecule has 0 bridgehead atoms. The van der Waals surface area contributed by atoms with Gasteiger partial charge in [-0.2, -0.15) is 0 Å². The Hall–Kier alpha value is -0.810. The highest BCUT2D eigenvalue weighted by Crippen LogP contribution is 2.01. The molecule has 0 radical (unpaired) electrons. The van der Waals surface area contributed by atoms with Gasteiger partial charge in [0.2, 0.25) is 0 Å². The third kappa shape index (κ3) is 1.76. The second-order valence-electron chi connectivity index (χ2n) is 3.15. The van der Waals surface area contributed by atoms with E-state index in [4.69, 9.17) is 17.0 Å². The molecule has 1 aliphatic heterocycles. The first-order chi connectivity index (χ1) is 6.27. The predicted molar refractivity (Wildman–Crippen MR) is 53.1 cm³/mol. The number of nitrogens with one attached hydrogen (secondary N) is 1. The first kappa shape index (κ1) is 8.77. The van der Waals surface area contributed by atoms with Crippen molar-refractivity contribution in [3.8, 4) is 0 Å². The van der Waals surface area contributed by atoms with Gasteiger partial charge in [-0.3, -0.25) is 0 Å². The van der Waals surface area contributed by atoms with Crippen LogP contribution in [-0.2, 0) is 4.74 Å². The largest absolute Gasteiger partial charge is 0.378 e. The Balaban J connectivity index is 2.23. The first-order valence-corrected chi connectivity index (χ1v) is 4.79. The van der Waals surface area contributed by atoms with E-state index in [1.807, 2.05) is 17.8 Å². The van der Waals surface area contributed by atoms with Crippen LogP contribution in [0, 0.1) is 11.7 Å². The Labute approximate surface area is 82.1 Å². The Morgan fingerprint density at radius 3 is 2.69 bits per heavy atom. The van der Waals surface area contributed by atoms with Crippen LogP contribution >= 0.6 is 12.2 Å². The van der Waals surface area contributed by atoms with Crippen molar-refractivity contribution < 1.29 is 4.74 Å². The number of hydrogen-bond donors (Lipinski definition) is 1. The monoisotopic (exact) mass is 199 g/mol. The molecular formula is C8H13N3OS. The topological polar surface area (TPSA) is 33.2 Å². The van der Waals surface area contributed by atoms with Gasteiger partial charge in [-0.15, -0.1) is 0 Å². The minimum Gasteiger partial charge on any atom is -0.378 e. The van der Waals surface area contributed by atoms with Crippen molar-refractivity contribution >= 4 is 12.2 Å². The van der Waals surface area contributed by atoms with E-state index in [9.17, 15) is 0 Å². The van der Waals surface area contributed by atoms with Crippen molar-refractivity contribution in [3.05, 3.63) is 16.7 Å². The molecule has 1 aromatic rings. The zero-order valence-electron chi connectivity index (χ0n) is 7.62. The highest BCUT2D eigenvalue weighted by molar-refractivity contribution is 7.71. The summed E-state index contributed by atoms with van der Waals surface area (Å²) in [4.78, 5) is 3.10. The maximum Gasteiger partial charge on any atom is 0.196 e. The lowest BCUT2D eigenvalue weighted by molar-refractivity contribution is 0.111. The van der Waals surface area contributed by atoms with Crippen LogP contribution < -0.4 is 5.01 Å². The number of hydrogen-bond acceptors (Lipinski definition) is 3. The Morgan fingerprint density at radius 2 is 2.15 bits per heavy atom. The Morgan fingerprint density at radius 1 is 1.46 bits per heavy atom. The molecule has 1 fully saturated rings. The minimum atomic E-state index is 0.763. The van der Waals surface area contributed by atoms with Gasteiger partial charge < -0.3 is 14.7 Å². The standard InChI is InChI=1S/C8H13N3OS/c1-7-6-11(8(13)9-7)10-2-4-12-5-3-10/h6H,2-5H2,1H3,(H,9,13). The number of aromatic nitrogens is 2. The molecule has 0 spiro atoms. The highest BCUT2D eigenvalue weighted by Gasteiger charge is 2.11. The average molecular weight is 199 g/mol. The molecule has 1 N–H and O–H groups in total. The van der Waals surface area contributed by atoms with Gasteiger partial charge >= 0.3 is 0 Å². The second-order valence-corrected chi connectivity index (χ2v) is 3.54. The fourth-order valence-electron chi connectivity index (χ4n) is 1.48. The average Bonchev–Trinajstić information content (AvgIpc) is 2.47. The lowest BCUT2D eigenvalue weighted by atomic mass is 10.5. The first-order valence-electron chi connectivity index (χ1n) is 4.38. The fraction of sp³-hybridized carbons (Fsp3) is 0.625. The maximum absolute atomic E-state index is 5.27. The number of morpholine rings is 1. The maximum atomic E-state index is 5.27. The van der Waals surface area contributed by atoms with E-state index >= 15 is 0 Å². The van der Waals surface area contributed by atoms with Crippen LogP contribution in [0.2, 0.25) is 0 Å². The van der Waals surface area contributed by atoms with Gasteiger partial charge in [-0.05, 0) is 19.1 Å². The van der Waals surface area contributed by atoms with Gasteiger partial charge in [0, 0.05) is 11.9 Å². The molecule has 1 aliphatic rings. The fourth-order valence-corrected chi connectivity index (χ4v) is 1.81. The molecule has 2 rings (SSSR count). The molecule has 0 unspecified atom stereocenters. The molecule has 13 heavy (non-hydrogen) atoms. The summed E-state index contributed by atoms with van der Waals surface area (Å²) in [6.45, 7) is 5.39. The highest BCUT2D eigenvalue weighted by atomic mass is 32.1. The summed E-state index contributed by atoms with van der Waals surface area (Å²) in [6, 6.07) is 0. The van der Waals surface area contributed by atoms with Crippen molar-refractivity contribution in [2.75, 3.05) is 31.3 Å². The summed E-state index contributed by atoms with van der Waals surface area (Å²) >= 11 is 5.18. The van der Waals surface area contributed by atoms with Gasteiger partial charge in [0.05, 0.1) is 26.3 Å². The third-order valence-corrected chi connectivity index (χ3v) is 2.41. The molecule has 1 aromatic heterocycles. The molecule has 0 aromatic carbocycles. The quantitative estimate of drug-likeness (QED) is 0.680. The lowest BCUT2D eigenvalue weighted by Crippen LogP contribution is -2.43. The van der Waals surface area contributed by atoms with Crippen LogP contribution in [0.5, 0.6) is 0 Å². The van der Waals surface area contributed by atoms with Crippen LogP contribution in [0.15, 0.2) is 6.20 Å². The van der Waals surface area contributed by atoms with E-state index in [2.05, 4.69) is 9.99 Å². The van der Waals surface area contributed by atoms with E-state index in [0.29, 0.717) is 0 Å². The van der Waals surface area contributed by atoms with Gasteiger partial charge in [0.1, 0.15) is 0 Å². The van der Waals surface area contributed by atoms with Gasteiger partial charge in [0.15, 0.2) is 4.77 Å². The molecule has 5 heteroatoms. The van der Waals surface area contributed by atoms with Crippen LogP contribution in [0.25, 0.3) is 0 Å². The molecule has 0 saturated carbocycles. The number of ether oxygens (including phenoxy) is 1. The predicted octanol–water partition coefficient (Wildman–Crippen LogP) is 0.822. The molecule has 72 valence electrons. The van der Waals surface area contributed by atoms with E-state index in [1.165, 1.54) is 0 Å². The molecule has 0 atom stereocenters. The molecule has 2 heterocycles. The Bertz CT molecular complexity index is 337. The van der Waals surface area contributed by atoms with E-state index in [-0.39, 0.29) is 0 Å². The van der Waals surface area contributed by atoms with Crippen molar-refractivity contribution in [2.24, 2.45) is 0 Å². The number of rotatable bonds is 1. The van der Waals surface area contributed by atoms with Crippen LogP contribution in [0.4, 0.5) is 0 Å². The van der Waals surface area contributed by atoms with E-state index in [1.54, 1.807) is 0 Å². The van der Waals surface area contributed by atoms with Crippen LogP contribution in [0.1, 0.15) is 5.69 Å². The van der Waals surface area contributed by atoms with Crippen molar-refractivity contribution in [3.63, 3.8) is 0 Å². The zero-order valence-corrected chi connectivity index (χ0v) is 8.43. The SMILES string of the molecule is Cc1cn(N2CCOCC2)c(=S)[nH]1. The van der Waals surface area contributed by atoms with Gasteiger partial charge in [0.25, 0.3) is 0 Å². The summed E-state index contributed by atoms with van der Waals surface area (Å²) in [5.74, 6) is 0. The molecular weight excluding hydrogens is 186 g/mol. The zero-order chi connectivity index (χ0) is 9.26. The summed E-state index contributed by atoms with van der Waals surface area (Å²) in [5.41, 5.74) is 1.09. The molecule has 4 nitrogen and oxygen atoms in total. The molecule has 0 amide bonds. The van der Waals surface area contributed by atoms with Crippen LogP contribution in [-0.4, -0.2) is 36.0 Å². The summed E-state index contributed by atoms with van der Waals surface area (Å²) in [5, 5.41) is 2.19. The van der Waals surface area contributed by atoms with Crippen molar-refractivity contribution in [2.45, 2.75) is 6.92 Å². The number of aromatic amines is 1. The van der Waals surface area contributed by atoms with Gasteiger partial charge in [-0.25, -0.2) is 4.68 Å².